The molecule has 100 valence electrons. The van der Waals surface area contributed by atoms with E-state index in [9.17, 15) is 4.79 Å². The largest absolute Gasteiger partial charge is 0.399 e. The molecule has 1 aliphatic rings. The Kier molecular flexibility index (Phi) is 5.48. The first kappa shape index (κ1) is 14.8. The number of rotatable bonds is 3. The molecule has 4 heteroatoms. The summed E-state index contributed by atoms with van der Waals surface area (Å²) in [6.45, 7) is 2.73. The van der Waals surface area contributed by atoms with Gasteiger partial charge in [0.15, 0.2) is 0 Å². The Morgan fingerprint density at radius 2 is 2.06 bits per heavy atom. The van der Waals surface area contributed by atoms with Gasteiger partial charge in [0, 0.05) is 17.8 Å². The summed E-state index contributed by atoms with van der Waals surface area (Å²) < 4.78 is 0. The minimum absolute atomic E-state index is 0. The number of hydrogen-bond acceptors (Lipinski definition) is 2. The van der Waals surface area contributed by atoms with Gasteiger partial charge in [-0.2, -0.15) is 0 Å². The highest BCUT2D eigenvalue weighted by Gasteiger charge is 2.16. The van der Waals surface area contributed by atoms with Crippen LogP contribution in [0.5, 0.6) is 0 Å². The summed E-state index contributed by atoms with van der Waals surface area (Å²) >= 11 is 0. The lowest BCUT2D eigenvalue weighted by molar-refractivity contribution is 0.0947. The van der Waals surface area contributed by atoms with Crippen LogP contribution < -0.4 is 11.1 Å². The van der Waals surface area contributed by atoms with Crippen molar-refractivity contribution >= 4 is 24.0 Å². The highest BCUT2D eigenvalue weighted by Crippen LogP contribution is 2.23. The van der Waals surface area contributed by atoms with Gasteiger partial charge in [0.1, 0.15) is 0 Å². The number of halogens is 1. The van der Waals surface area contributed by atoms with Crippen LogP contribution in [0.2, 0.25) is 0 Å². The number of hydrogen-bond donors (Lipinski definition) is 2. The topological polar surface area (TPSA) is 55.1 Å². The quantitative estimate of drug-likeness (QED) is 0.828. The summed E-state index contributed by atoms with van der Waals surface area (Å²) in [7, 11) is 0. The predicted octanol–water partition coefficient (Wildman–Crippen LogP) is 2.92. The minimum atomic E-state index is 0. The van der Waals surface area contributed by atoms with E-state index in [1.54, 1.807) is 6.07 Å². The first-order chi connectivity index (χ1) is 8.16. The van der Waals surface area contributed by atoms with Gasteiger partial charge in [-0.05, 0) is 43.4 Å². The number of nitrogen functional groups attached to an aromatic ring is 1. The molecular weight excluding hydrogens is 248 g/mol. The molecule has 0 spiro atoms. The summed E-state index contributed by atoms with van der Waals surface area (Å²) in [6.07, 6.45) is 5.10. The summed E-state index contributed by atoms with van der Waals surface area (Å²) in [5.74, 6) is 0.669. The third kappa shape index (κ3) is 3.64. The smallest absolute Gasteiger partial charge is 0.251 e. The Balaban J connectivity index is 0.00000162. The van der Waals surface area contributed by atoms with Crippen LogP contribution in [0.4, 0.5) is 5.69 Å². The molecule has 0 bridgehead atoms. The molecule has 0 aromatic heterocycles. The van der Waals surface area contributed by atoms with Crippen molar-refractivity contribution in [3.8, 4) is 0 Å². The summed E-state index contributed by atoms with van der Waals surface area (Å²) in [5, 5.41) is 3.01. The monoisotopic (exact) mass is 268 g/mol. The second-order valence-corrected chi connectivity index (χ2v) is 4.93. The molecule has 1 aromatic carbocycles. The molecule has 0 saturated heterocycles. The molecule has 18 heavy (non-hydrogen) atoms. The van der Waals surface area contributed by atoms with E-state index >= 15 is 0 Å². The third-order valence-corrected chi connectivity index (χ3v) is 3.53. The highest BCUT2D eigenvalue weighted by atomic mass is 35.5. The zero-order chi connectivity index (χ0) is 12.3. The van der Waals surface area contributed by atoms with Crippen LogP contribution in [-0.4, -0.2) is 12.5 Å². The summed E-state index contributed by atoms with van der Waals surface area (Å²) in [4.78, 5) is 12.0. The summed E-state index contributed by atoms with van der Waals surface area (Å²) in [6, 6.07) is 5.46. The molecule has 1 aliphatic carbocycles. The van der Waals surface area contributed by atoms with Gasteiger partial charge in [0.25, 0.3) is 5.91 Å². The number of anilines is 1. The van der Waals surface area contributed by atoms with Gasteiger partial charge in [-0.25, -0.2) is 0 Å². The van der Waals surface area contributed by atoms with Crippen molar-refractivity contribution < 1.29 is 4.79 Å². The lowest BCUT2D eigenvalue weighted by Crippen LogP contribution is -2.28. The first-order valence-electron chi connectivity index (χ1n) is 6.31. The van der Waals surface area contributed by atoms with Gasteiger partial charge < -0.3 is 11.1 Å². The number of nitrogens with one attached hydrogen (secondary N) is 1. The zero-order valence-electron chi connectivity index (χ0n) is 10.7. The second kappa shape index (κ2) is 6.64. The fourth-order valence-corrected chi connectivity index (χ4v) is 2.43. The minimum Gasteiger partial charge on any atom is -0.399 e. The van der Waals surface area contributed by atoms with Crippen LogP contribution in [0.15, 0.2) is 18.2 Å². The molecule has 3 nitrogen and oxygen atoms in total. The fraction of sp³-hybridized carbons (Fsp3) is 0.500. The number of carbonyl (C=O) groups is 1. The van der Waals surface area contributed by atoms with Crippen molar-refractivity contribution in [2.45, 2.75) is 32.6 Å². The molecule has 0 unspecified atom stereocenters. The van der Waals surface area contributed by atoms with E-state index in [-0.39, 0.29) is 18.3 Å². The zero-order valence-corrected chi connectivity index (χ0v) is 11.6. The molecule has 1 aromatic rings. The maximum absolute atomic E-state index is 12.0. The third-order valence-electron chi connectivity index (χ3n) is 3.53. The van der Waals surface area contributed by atoms with Crippen molar-refractivity contribution in [2.75, 3.05) is 12.3 Å². The SMILES string of the molecule is Cc1ccc(N)cc1C(=O)NCC1CCCC1.Cl. The molecule has 1 fully saturated rings. The Hall–Kier alpha value is -1.22. The van der Waals surface area contributed by atoms with Gasteiger partial charge in [0.2, 0.25) is 0 Å². The molecule has 0 aliphatic heterocycles. The van der Waals surface area contributed by atoms with Crippen molar-refractivity contribution in [2.24, 2.45) is 5.92 Å². The van der Waals surface area contributed by atoms with E-state index in [1.165, 1.54) is 25.7 Å². The Morgan fingerprint density at radius 3 is 2.72 bits per heavy atom. The van der Waals surface area contributed by atoms with E-state index in [1.807, 2.05) is 19.1 Å². The van der Waals surface area contributed by atoms with Crippen LogP contribution in [0.1, 0.15) is 41.6 Å². The van der Waals surface area contributed by atoms with Crippen LogP contribution in [0.3, 0.4) is 0 Å². The molecule has 0 heterocycles. The average molecular weight is 269 g/mol. The molecule has 1 amide bonds. The Bertz CT molecular complexity index is 414. The van der Waals surface area contributed by atoms with E-state index in [4.69, 9.17) is 5.73 Å². The van der Waals surface area contributed by atoms with Gasteiger partial charge in [-0.3, -0.25) is 4.79 Å². The summed E-state index contributed by atoms with van der Waals surface area (Å²) in [5.41, 5.74) is 8.02. The fourth-order valence-electron chi connectivity index (χ4n) is 2.43. The number of aryl methyl sites for hydroxylation is 1. The van der Waals surface area contributed by atoms with Crippen LogP contribution in [0, 0.1) is 12.8 Å². The van der Waals surface area contributed by atoms with E-state index < -0.39 is 0 Å². The normalized spacial score (nSPS) is 15.2. The van der Waals surface area contributed by atoms with Crippen LogP contribution >= 0.6 is 12.4 Å². The van der Waals surface area contributed by atoms with E-state index in [2.05, 4.69) is 5.32 Å². The Labute approximate surface area is 115 Å². The van der Waals surface area contributed by atoms with Crippen molar-refractivity contribution in [1.29, 1.82) is 0 Å². The number of benzene rings is 1. The number of amides is 1. The first-order valence-corrected chi connectivity index (χ1v) is 6.31. The molecule has 0 radical (unpaired) electrons. The van der Waals surface area contributed by atoms with Crippen molar-refractivity contribution in [1.82, 2.24) is 5.32 Å². The van der Waals surface area contributed by atoms with E-state index in [0.29, 0.717) is 17.2 Å². The highest BCUT2D eigenvalue weighted by molar-refractivity contribution is 5.96. The van der Waals surface area contributed by atoms with Crippen LogP contribution in [0.25, 0.3) is 0 Å². The second-order valence-electron chi connectivity index (χ2n) is 4.93. The van der Waals surface area contributed by atoms with Crippen molar-refractivity contribution in [3.05, 3.63) is 29.3 Å². The van der Waals surface area contributed by atoms with Gasteiger partial charge in [0.05, 0.1) is 0 Å². The number of nitrogens with two attached hydrogens (primary N) is 1. The molecule has 2 rings (SSSR count). The molecule has 3 N–H and O–H groups in total. The molecular formula is C14H21ClN2O. The standard InChI is InChI=1S/C14H20N2O.ClH/c1-10-6-7-12(15)8-13(10)14(17)16-9-11-4-2-3-5-11;/h6-8,11H,2-5,9,15H2,1H3,(H,16,17);1H. The van der Waals surface area contributed by atoms with Gasteiger partial charge in [-0.15, -0.1) is 12.4 Å². The number of carbonyl (C=O) groups excluding carboxylic acids is 1. The lowest BCUT2D eigenvalue weighted by Gasteiger charge is -2.12. The van der Waals surface area contributed by atoms with E-state index in [0.717, 1.165) is 12.1 Å². The molecule has 0 atom stereocenters. The predicted molar refractivity (Wildman–Crippen MR) is 77.1 cm³/mol. The van der Waals surface area contributed by atoms with Gasteiger partial charge >= 0.3 is 0 Å². The Morgan fingerprint density at radius 1 is 1.39 bits per heavy atom. The molecule has 1 saturated carbocycles. The maximum atomic E-state index is 12.0. The van der Waals surface area contributed by atoms with Crippen LogP contribution in [-0.2, 0) is 0 Å². The average Bonchev–Trinajstić information content (AvgIpc) is 2.82. The lowest BCUT2D eigenvalue weighted by atomic mass is 10.1. The van der Waals surface area contributed by atoms with Crippen molar-refractivity contribution in [3.63, 3.8) is 0 Å². The maximum Gasteiger partial charge on any atom is 0.251 e. The van der Waals surface area contributed by atoms with Gasteiger partial charge in [-0.1, -0.05) is 18.9 Å².